The maximum atomic E-state index is 11.1. The smallest absolute Gasteiger partial charge is 0.229 e. The van der Waals surface area contributed by atoms with Crippen molar-refractivity contribution >= 4 is 12.3 Å². The van der Waals surface area contributed by atoms with Gasteiger partial charge in [0.2, 0.25) is 12.3 Å². The van der Waals surface area contributed by atoms with E-state index in [4.69, 9.17) is 0 Å². The predicted octanol–water partition coefficient (Wildman–Crippen LogP) is 0.695. The molecule has 11 heavy (non-hydrogen) atoms. The van der Waals surface area contributed by atoms with Gasteiger partial charge in [-0.2, -0.15) is 0 Å². The molecule has 62 valence electrons. The second kappa shape index (κ2) is 3.51. The van der Waals surface area contributed by atoms with Crippen LogP contribution in [0.2, 0.25) is 0 Å². The van der Waals surface area contributed by atoms with Crippen molar-refractivity contribution in [1.82, 2.24) is 5.32 Å². The Morgan fingerprint density at radius 2 is 2.27 bits per heavy atom. The van der Waals surface area contributed by atoms with Crippen LogP contribution >= 0.6 is 0 Å². The van der Waals surface area contributed by atoms with E-state index in [0.717, 1.165) is 19.3 Å². The van der Waals surface area contributed by atoms with Crippen molar-refractivity contribution < 1.29 is 9.59 Å². The number of hydrogen-bond donors (Lipinski definition) is 1. The quantitative estimate of drug-likeness (QED) is 0.596. The number of imide groups is 1. The third-order valence-electron chi connectivity index (χ3n) is 2.40. The minimum atomic E-state index is -0.106. The Morgan fingerprint density at radius 1 is 1.55 bits per heavy atom. The number of rotatable bonds is 2. The molecular formula is C8H13NO2. The van der Waals surface area contributed by atoms with E-state index < -0.39 is 0 Å². The van der Waals surface area contributed by atoms with Gasteiger partial charge in [0, 0.05) is 5.92 Å². The van der Waals surface area contributed by atoms with Gasteiger partial charge in [-0.15, -0.1) is 0 Å². The van der Waals surface area contributed by atoms with Crippen molar-refractivity contribution in [3.63, 3.8) is 0 Å². The topological polar surface area (TPSA) is 46.2 Å². The molecule has 0 bridgehead atoms. The zero-order valence-electron chi connectivity index (χ0n) is 6.67. The summed E-state index contributed by atoms with van der Waals surface area (Å²) in [5.74, 6) is 0.403. The van der Waals surface area contributed by atoms with Crippen LogP contribution in [0.1, 0.15) is 26.2 Å². The lowest BCUT2D eigenvalue weighted by Crippen LogP contribution is -2.30. The maximum absolute atomic E-state index is 11.1. The summed E-state index contributed by atoms with van der Waals surface area (Å²) < 4.78 is 0. The molecule has 0 saturated heterocycles. The monoisotopic (exact) mass is 155 g/mol. The zero-order chi connectivity index (χ0) is 8.27. The minimum Gasteiger partial charge on any atom is -0.299 e. The Kier molecular flexibility index (Phi) is 2.63. The fourth-order valence-corrected chi connectivity index (χ4v) is 1.70. The van der Waals surface area contributed by atoms with Crippen molar-refractivity contribution in [2.45, 2.75) is 26.2 Å². The lowest BCUT2D eigenvalue weighted by molar-refractivity contribution is -0.129. The van der Waals surface area contributed by atoms with E-state index in [2.05, 4.69) is 12.2 Å². The Balaban J connectivity index is 2.45. The van der Waals surface area contributed by atoms with E-state index in [9.17, 15) is 9.59 Å². The van der Waals surface area contributed by atoms with E-state index in [1.807, 2.05) is 0 Å². The Hall–Kier alpha value is -0.860. The van der Waals surface area contributed by atoms with Gasteiger partial charge >= 0.3 is 0 Å². The molecule has 1 rings (SSSR count). The number of carbonyl (C=O) groups is 2. The second-order valence-electron chi connectivity index (χ2n) is 3.14. The van der Waals surface area contributed by atoms with Gasteiger partial charge in [-0.05, 0) is 18.8 Å². The maximum Gasteiger partial charge on any atom is 0.229 e. The molecular weight excluding hydrogens is 142 g/mol. The molecule has 0 aromatic heterocycles. The molecule has 1 N–H and O–H groups in total. The van der Waals surface area contributed by atoms with Gasteiger partial charge in [0.05, 0.1) is 0 Å². The fraction of sp³-hybridized carbons (Fsp3) is 0.750. The molecule has 3 nitrogen and oxygen atoms in total. The van der Waals surface area contributed by atoms with E-state index >= 15 is 0 Å². The average Bonchev–Trinajstić information content (AvgIpc) is 2.36. The molecule has 0 aliphatic heterocycles. The standard InChI is InChI=1S/C8H13NO2/c1-6-3-2-4-7(6)8(11)9-5-10/h5-7H,2-4H2,1H3,(H,9,10,11). The van der Waals surface area contributed by atoms with Crippen molar-refractivity contribution in [3.8, 4) is 0 Å². The Bertz CT molecular complexity index is 167. The van der Waals surface area contributed by atoms with E-state index in [0.29, 0.717) is 12.3 Å². The third kappa shape index (κ3) is 1.79. The molecule has 0 aromatic rings. The molecule has 1 fully saturated rings. The molecule has 1 saturated carbocycles. The second-order valence-corrected chi connectivity index (χ2v) is 3.14. The molecule has 1 aliphatic rings. The highest BCUT2D eigenvalue weighted by Crippen LogP contribution is 2.30. The lowest BCUT2D eigenvalue weighted by atomic mass is 9.97. The lowest BCUT2D eigenvalue weighted by Gasteiger charge is -2.11. The van der Waals surface area contributed by atoms with Crippen LogP contribution in [0, 0.1) is 11.8 Å². The summed E-state index contributed by atoms with van der Waals surface area (Å²) in [6.07, 6.45) is 3.61. The fourth-order valence-electron chi connectivity index (χ4n) is 1.70. The highest BCUT2D eigenvalue weighted by atomic mass is 16.2. The van der Waals surface area contributed by atoms with Crippen LogP contribution in [0.15, 0.2) is 0 Å². The van der Waals surface area contributed by atoms with Crippen LogP contribution < -0.4 is 5.32 Å². The SMILES string of the molecule is CC1CCCC1C(=O)NC=O. The highest BCUT2D eigenvalue weighted by molar-refractivity contribution is 5.87. The zero-order valence-corrected chi connectivity index (χ0v) is 6.67. The Morgan fingerprint density at radius 3 is 2.73 bits per heavy atom. The van der Waals surface area contributed by atoms with Crippen molar-refractivity contribution in [2.24, 2.45) is 11.8 Å². The van der Waals surface area contributed by atoms with Gasteiger partial charge in [-0.25, -0.2) is 0 Å². The molecule has 3 heteroatoms. The van der Waals surface area contributed by atoms with Gasteiger partial charge in [-0.3, -0.25) is 14.9 Å². The molecule has 1 aliphatic carbocycles. The van der Waals surface area contributed by atoms with E-state index in [-0.39, 0.29) is 11.8 Å². The van der Waals surface area contributed by atoms with Crippen LogP contribution in [0.5, 0.6) is 0 Å². The minimum absolute atomic E-state index is 0.0696. The predicted molar refractivity (Wildman–Crippen MR) is 40.7 cm³/mol. The summed E-state index contributed by atoms with van der Waals surface area (Å²) in [6.45, 7) is 2.06. The van der Waals surface area contributed by atoms with E-state index in [1.54, 1.807) is 0 Å². The third-order valence-corrected chi connectivity index (χ3v) is 2.40. The number of nitrogens with one attached hydrogen (secondary N) is 1. The normalized spacial score (nSPS) is 29.9. The van der Waals surface area contributed by atoms with Gasteiger partial charge in [0.1, 0.15) is 0 Å². The molecule has 0 radical (unpaired) electrons. The molecule has 2 unspecified atom stereocenters. The van der Waals surface area contributed by atoms with Crippen molar-refractivity contribution in [3.05, 3.63) is 0 Å². The van der Waals surface area contributed by atoms with Crippen LogP contribution in [-0.4, -0.2) is 12.3 Å². The summed E-state index contributed by atoms with van der Waals surface area (Å²) >= 11 is 0. The first-order valence-electron chi connectivity index (χ1n) is 3.99. The molecule has 2 atom stereocenters. The largest absolute Gasteiger partial charge is 0.299 e. The van der Waals surface area contributed by atoms with E-state index in [1.165, 1.54) is 0 Å². The van der Waals surface area contributed by atoms with Crippen LogP contribution in [0.3, 0.4) is 0 Å². The molecule has 2 amide bonds. The first-order chi connectivity index (χ1) is 5.25. The van der Waals surface area contributed by atoms with Crippen molar-refractivity contribution in [2.75, 3.05) is 0 Å². The van der Waals surface area contributed by atoms with Crippen LogP contribution in [0.4, 0.5) is 0 Å². The average molecular weight is 155 g/mol. The van der Waals surface area contributed by atoms with Crippen LogP contribution in [0.25, 0.3) is 0 Å². The van der Waals surface area contributed by atoms with Gasteiger partial charge in [-0.1, -0.05) is 13.3 Å². The van der Waals surface area contributed by atoms with Gasteiger partial charge in [0.15, 0.2) is 0 Å². The Labute approximate surface area is 66.2 Å². The summed E-state index contributed by atoms with van der Waals surface area (Å²) in [5.41, 5.74) is 0. The van der Waals surface area contributed by atoms with Gasteiger partial charge in [0.25, 0.3) is 0 Å². The first-order valence-corrected chi connectivity index (χ1v) is 3.99. The summed E-state index contributed by atoms with van der Waals surface area (Å²) in [4.78, 5) is 21.1. The summed E-state index contributed by atoms with van der Waals surface area (Å²) in [5, 5.41) is 2.20. The number of amides is 2. The number of hydrogen-bond acceptors (Lipinski definition) is 2. The first kappa shape index (κ1) is 8.24. The molecule has 0 aromatic carbocycles. The summed E-state index contributed by atoms with van der Waals surface area (Å²) in [7, 11) is 0. The number of carbonyl (C=O) groups excluding carboxylic acids is 2. The summed E-state index contributed by atoms with van der Waals surface area (Å²) in [6, 6.07) is 0. The van der Waals surface area contributed by atoms with Crippen LogP contribution in [-0.2, 0) is 9.59 Å². The van der Waals surface area contributed by atoms with Crippen molar-refractivity contribution in [1.29, 1.82) is 0 Å². The highest BCUT2D eigenvalue weighted by Gasteiger charge is 2.29. The molecule has 0 heterocycles. The molecule has 0 spiro atoms. The van der Waals surface area contributed by atoms with Gasteiger partial charge < -0.3 is 0 Å².